The quantitative estimate of drug-likeness (QED) is 0.358. The van der Waals surface area contributed by atoms with Crippen molar-refractivity contribution in [2.24, 2.45) is 0 Å². The first kappa shape index (κ1) is 15.7. The maximum Gasteiger partial charge on any atom is 0 e. The van der Waals surface area contributed by atoms with E-state index in [0.717, 1.165) is 0 Å². The third-order valence-corrected chi connectivity index (χ3v) is 0. The minimum atomic E-state index is -5.39. The molecule has 0 aliphatic rings. The molecular formula is H4NO4PSb-2. The molecule has 7 heavy (non-hydrogen) atoms. The first-order valence-electron chi connectivity index (χ1n) is 0.730. The van der Waals surface area contributed by atoms with E-state index in [0.29, 0.717) is 0 Å². The predicted molar refractivity (Wildman–Crippen MR) is 19.3 cm³/mol. The van der Waals surface area contributed by atoms with E-state index in [1.54, 1.807) is 0 Å². The summed E-state index contributed by atoms with van der Waals surface area (Å²) in [4.78, 5) is 25.6. The third kappa shape index (κ3) is 209. The van der Waals surface area contributed by atoms with Gasteiger partial charge in [0.05, 0.1) is 0 Å². The number of rotatable bonds is 0. The van der Waals surface area contributed by atoms with Gasteiger partial charge in [-0.15, -0.1) is 0 Å². The van der Waals surface area contributed by atoms with Crippen molar-refractivity contribution in [1.82, 2.24) is 6.15 Å². The van der Waals surface area contributed by atoms with Crippen LogP contribution in [0.3, 0.4) is 0 Å². The van der Waals surface area contributed by atoms with Crippen molar-refractivity contribution in [3.05, 3.63) is 0 Å². The first-order chi connectivity index (χ1) is 2.00. The van der Waals surface area contributed by atoms with Crippen molar-refractivity contribution < 1.29 is 19.2 Å². The van der Waals surface area contributed by atoms with Gasteiger partial charge in [0.25, 0.3) is 0 Å². The summed E-state index contributed by atoms with van der Waals surface area (Å²) in [5, 5.41) is 0. The molecule has 0 amide bonds. The molecule has 0 aromatic rings. The molecule has 45 valence electrons. The average Bonchev–Trinajstić information content (AvgIpc) is 0.722. The van der Waals surface area contributed by atoms with Crippen LogP contribution in [0.15, 0.2) is 0 Å². The Morgan fingerprint density at radius 3 is 1.14 bits per heavy atom. The van der Waals surface area contributed by atoms with Crippen LogP contribution >= 0.6 is 7.82 Å². The second kappa shape index (κ2) is 5.03. The minimum absolute atomic E-state index is 0. The molecule has 0 atom stereocenters. The second-order valence-corrected chi connectivity index (χ2v) is 1.34. The third-order valence-electron chi connectivity index (χ3n) is 0. The molecule has 0 aliphatic carbocycles. The smallest absolute Gasteiger partial charge is 0 e. The number of hydrogen-bond acceptors (Lipinski definition) is 4. The van der Waals surface area contributed by atoms with Gasteiger partial charge in [-0.2, -0.15) is 7.82 Å². The van der Waals surface area contributed by atoms with Crippen LogP contribution in [-0.2, 0) is 4.57 Å². The molecular weight excluding hydrogens is 231 g/mol. The van der Waals surface area contributed by atoms with E-state index in [-0.39, 0.29) is 30.6 Å². The maximum atomic E-state index is 8.55. The molecule has 3 radical (unpaired) electrons. The van der Waals surface area contributed by atoms with Crippen LogP contribution in [0.5, 0.6) is 0 Å². The largest absolute Gasteiger partial charge is 0.822 e. The zero-order valence-corrected chi connectivity index (χ0v) is 6.97. The van der Waals surface area contributed by atoms with Gasteiger partial charge in [0.1, 0.15) is 0 Å². The molecule has 0 bridgehead atoms. The first-order valence-corrected chi connectivity index (χ1v) is 2.19. The Morgan fingerprint density at radius 2 is 1.14 bits per heavy atom. The Hall–Kier alpha value is 0.888. The fourth-order valence-corrected chi connectivity index (χ4v) is 0. The van der Waals surface area contributed by atoms with Gasteiger partial charge in [0, 0.05) is 24.4 Å². The average molecular weight is 235 g/mol. The zero-order chi connectivity index (χ0) is 4.50. The van der Waals surface area contributed by atoms with Gasteiger partial charge in [0.2, 0.25) is 0 Å². The molecule has 0 heterocycles. The van der Waals surface area contributed by atoms with E-state index in [4.69, 9.17) is 19.2 Å². The summed E-state index contributed by atoms with van der Waals surface area (Å²) in [5.74, 6) is 0. The Labute approximate surface area is 58.0 Å². The van der Waals surface area contributed by atoms with E-state index in [1.165, 1.54) is 0 Å². The molecule has 0 spiro atoms. The Kier molecular flexibility index (Phi) is 11.3. The number of hydrogen-bond donors (Lipinski definition) is 1. The van der Waals surface area contributed by atoms with Crippen LogP contribution in [0.25, 0.3) is 0 Å². The molecule has 5 nitrogen and oxygen atoms in total. The Morgan fingerprint density at radius 1 is 1.14 bits per heavy atom. The summed E-state index contributed by atoms with van der Waals surface area (Å²) in [6, 6.07) is 0. The van der Waals surface area contributed by atoms with Crippen LogP contribution < -0.4 is 20.8 Å². The molecule has 7 heteroatoms. The fourth-order valence-electron chi connectivity index (χ4n) is 0. The topological polar surface area (TPSA) is 123 Å². The standard InChI is InChI=1S/H3N.H3O4P.Sb/c;1-5(2,3)4;/h1H3;(H3,1,2,3,4);/p-2. The fraction of sp³-hybridized carbons (Fsp3) is 0. The number of quaternary nitrogens is 1. The van der Waals surface area contributed by atoms with Gasteiger partial charge in [-0.25, -0.2) is 0 Å². The molecule has 0 aromatic heterocycles. The summed E-state index contributed by atoms with van der Waals surface area (Å²) in [5.41, 5.74) is 0. The molecule has 4 N–H and O–H groups in total. The molecule has 0 aromatic carbocycles. The van der Waals surface area contributed by atoms with Gasteiger partial charge < -0.3 is 25.4 Å². The zero-order valence-electron chi connectivity index (χ0n) is 3.53. The van der Waals surface area contributed by atoms with Crippen molar-refractivity contribution >= 4 is 32.3 Å². The van der Waals surface area contributed by atoms with Crippen molar-refractivity contribution in [2.75, 3.05) is 0 Å². The van der Waals surface area contributed by atoms with Gasteiger partial charge >= 0.3 is 0 Å². The van der Waals surface area contributed by atoms with Crippen molar-refractivity contribution in [3.63, 3.8) is 0 Å². The van der Waals surface area contributed by atoms with Crippen molar-refractivity contribution in [2.45, 2.75) is 0 Å². The monoisotopic (exact) mass is 234 g/mol. The Bertz CT molecular complexity index is 57.8. The normalized spacial score (nSPS) is 8.43. The molecule has 0 saturated carbocycles. The van der Waals surface area contributed by atoms with Gasteiger partial charge in [0.15, 0.2) is 0 Å². The van der Waals surface area contributed by atoms with Crippen LogP contribution in [0.1, 0.15) is 0 Å². The minimum Gasteiger partial charge on any atom is -0.822 e. The summed E-state index contributed by atoms with van der Waals surface area (Å²) >= 11 is 0. The van der Waals surface area contributed by atoms with Crippen molar-refractivity contribution in [1.29, 1.82) is 0 Å². The predicted octanol–water partition coefficient (Wildman–Crippen LogP) is -2.83. The van der Waals surface area contributed by atoms with Crippen LogP contribution in [0.4, 0.5) is 0 Å². The molecule has 0 aliphatic heterocycles. The van der Waals surface area contributed by atoms with E-state index >= 15 is 0 Å². The molecule has 0 fully saturated rings. The van der Waals surface area contributed by atoms with Crippen molar-refractivity contribution in [3.8, 4) is 0 Å². The summed E-state index contributed by atoms with van der Waals surface area (Å²) in [7, 11) is -5.39. The molecule has 0 rings (SSSR count). The second-order valence-electron chi connectivity index (χ2n) is 0.447. The van der Waals surface area contributed by atoms with E-state index < -0.39 is 7.82 Å². The molecule has 0 unspecified atom stereocenters. The molecule has 0 saturated heterocycles. The Balaban J connectivity index is -0.0000000800. The maximum absolute atomic E-state index is 8.55. The van der Waals surface area contributed by atoms with Gasteiger partial charge in [-0.3, -0.25) is 0 Å². The van der Waals surface area contributed by atoms with Gasteiger partial charge in [-0.1, -0.05) is 0 Å². The SMILES string of the molecule is O=P([O-])([O-])[O-].[NH4+].[Sb]. The van der Waals surface area contributed by atoms with E-state index in [1.807, 2.05) is 0 Å². The van der Waals surface area contributed by atoms with E-state index in [2.05, 4.69) is 0 Å². The van der Waals surface area contributed by atoms with E-state index in [9.17, 15) is 0 Å². The van der Waals surface area contributed by atoms with Crippen LogP contribution in [0, 0.1) is 0 Å². The van der Waals surface area contributed by atoms with Crippen LogP contribution in [-0.4, -0.2) is 24.4 Å². The van der Waals surface area contributed by atoms with Gasteiger partial charge in [-0.05, 0) is 0 Å². The number of phosphoric acid groups is 1. The summed E-state index contributed by atoms with van der Waals surface area (Å²) < 4.78 is 8.55. The summed E-state index contributed by atoms with van der Waals surface area (Å²) in [6.45, 7) is 0. The van der Waals surface area contributed by atoms with Crippen LogP contribution in [0.2, 0.25) is 0 Å². The summed E-state index contributed by atoms with van der Waals surface area (Å²) in [6.07, 6.45) is 0.